The minimum absolute atomic E-state index is 0.0548. The van der Waals surface area contributed by atoms with E-state index < -0.39 is 0 Å². The van der Waals surface area contributed by atoms with Crippen molar-refractivity contribution in [1.29, 1.82) is 0 Å². The third-order valence-corrected chi connectivity index (χ3v) is 11.2. The molecule has 230 valence electrons. The highest BCUT2D eigenvalue weighted by Crippen LogP contribution is 2.63. The topological polar surface area (TPSA) is 26.0 Å². The fourth-order valence-electron chi connectivity index (χ4n) is 7.21. The molecule has 0 aliphatic carbocycles. The maximum Gasteiger partial charge on any atom is 0.0314 e. The third-order valence-electron chi connectivity index (χ3n) is 11.2. The van der Waals surface area contributed by atoms with Gasteiger partial charge >= 0.3 is 0 Å². The first-order valence-corrected chi connectivity index (χ1v) is 16.4. The Bertz CT molecular complexity index is 923. The number of nitrogens with two attached hydrogens (primary N) is 1. The molecule has 0 fully saturated rings. The van der Waals surface area contributed by atoms with Crippen LogP contribution in [0.2, 0.25) is 0 Å². The van der Waals surface area contributed by atoms with Gasteiger partial charge in [0.1, 0.15) is 0 Å². The number of benzene rings is 1. The zero-order chi connectivity index (χ0) is 31.0. The molecular formula is C39H69N. The fourth-order valence-corrected chi connectivity index (χ4v) is 7.21. The molecule has 40 heavy (non-hydrogen) atoms. The summed E-state index contributed by atoms with van der Waals surface area (Å²) < 4.78 is 0. The quantitative estimate of drug-likeness (QED) is 0.110. The molecule has 1 rings (SSSR count). The standard InChI is InChI=1S/C39H69N/c1-15-31(4)38(13,30(2)3)29-36(9,10)37(11,12)39(14,28-35(6,7)8)32(5)22-20-18-16-17-19-21-23-33-24-26-34(40)27-25-33/h24-27,30H,4-5,15-23,28-29,40H2,1-3,6-14H3. The zero-order valence-electron chi connectivity index (χ0n) is 29.2. The molecule has 0 heterocycles. The second-order valence-corrected chi connectivity index (χ2v) is 16.3. The Kier molecular flexibility index (Phi) is 13.3. The van der Waals surface area contributed by atoms with Gasteiger partial charge in [0.25, 0.3) is 0 Å². The summed E-state index contributed by atoms with van der Waals surface area (Å²) in [5, 5.41) is 0. The van der Waals surface area contributed by atoms with Crippen LogP contribution in [0, 0.1) is 33.0 Å². The van der Waals surface area contributed by atoms with Crippen molar-refractivity contribution < 1.29 is 0 Å². The molecule has 1 heteroatoms. The van der Waals surface area contributed by atoms with E-state index in [9.17, 15) is 0 Å². The molecule has 0 spiro atoms. The van der Waals surface area contributed by atoms with Crippen LogP contribution in [0.15, 0.2) is 48.6 Å². The summed E-state index contributed by atoms with van der Waals surface area (Å²) in [6.45, 7) is 38.8. The average molecular weight is 552 g/mol. The molecule has 0 radical (unpaired) electrons. The Labute approximate surface area is 251 Å². The Morgan fingerprint density at radius 3 is 1.70 bits per heavy atom. The summed E-state index contributed by atoms with van der Waals surface area (Å²) in [7, 11) is 0. The van der Waals surface area contributed by atoms with Crippen LogP contribution in [-0.2, 0) is 6.42 Å². The highest BCUT2D eigenvalue weighted by atomic mass is 14.6. The van der Waals surface area contributed by atoms with Crippen LogP contribution >= 0.6 is 0 Å². The van der Waals surface area contributed by atoms with Crippen molar-refractivity contribution in [2.45, 2.75) is 154 Å². The number of anilines is 1. The van der Waals surface area contributed by atoms with E-state index in [4.69, 9.17) is 12.3 Å². The van der Waals surface area contributed by atoms with E-state index in [1.54, 1.807) is 0 Å². The predicted molar refractivity (Wildman–Crippen MR) is 183 cm³/mol. The number of rotatable bonds is 18. The number of hydrogen-bond donors (Lipinski definition) is 1. The van der Waals surface area contributed by atoms with Gasteiger partial charge in [0, 0.05) is 5.69 Å². The molecule has 2 unspecified atom stereocenters. The molecule has 0 saturated carbocycles. The Balaban J connectivity index is 2.88. The van der Waals surface area contributed by atoms with Gasteiger partial charge < -0.3 is 5.73 Å². The lowest BCUT2D eigenvalue weighted by Gasteiger charge is -2.59. The first-order valence-electron chi connectivity index (χ1n) is 16.4. The predicted octanol–water partition coefficient (Wildman–Crippen LogP) is 12.6. The second-order valence-electron chi connectivity index (χ2n) is 16.3. The van der Waals surface area contributed by atoms with Gasteiger partial charge in [-0.05, 0) is 95.6 Å². The van der Waals surface area contributed by atoms with Crippen LogP contribution in [0.4, 0.5) is 5.69 Å². The van der Waals surface area contributed by atoms with E-state index in [0.29, 0.717) is 5.92 Å². The van der Waals surface area contributed by atoms with Crippen molar-refractivity contribution in [2.75, 3.05) is 5.73 Å². The van der Waals surface area contributed by atoms with Gasteiger partial charge in [-0.15, -0.1) is 0 Å². The van der Waals surface area contributed by atoms with Crippen LogP contribution in [0.3, 0.4) is 0 Å². The van der Waals surface area contributed by atoms with Crippen molar-refractivity contribution in [3.8, 4) is 0 Å². The van der Waals surface area contributed by atoms with Crippen molar-refractivity contribution in [1.82, 2.24) is 0 Å². The van der Waals surface area contributed by atoms with Gasteiger partial charge in [0.2, 0.25) is 0 Å². The molecule has 1 aromatic carbocycles. The molecule has 1 nitrogen and oxygen atoms in total. The number of aryl methyl sites for hydroxylation is 1. The summed E-state index contributed by atoms with van der Waals surface area (Å²) in [4.78, 5) is 0. The first kappa shape index (κ1) is 36.5. The highest BCUT2D eigenvalue weighted by Gasteiger charge is 2.54. The van der Waals surface area contributed by atoms with Crippen LogP contribution in [0.1, 0.15) is 153 Å². The lowest BCUT2D eigenvalue weighted by Crippen LogP contribution is -2.51. The Morgan fingerprint density at radius 2 is 1.23 bits per heavy atom. The van der Waals surface area contributed by atoms with Gasteiger partial charge in [-0.25, -0.2) is 0 Å². The third kappa shape index (κ3) is 9.52. The minimum Gasteiger partial charge on any atom is -0.399 e. The first-order chi connectivity index (χ1) is 18.2. The van der Waals surface area contributed by atoms with Gasteiger partial charge in [-0.1, -0.05) is 145 Å². The van der Waals surface area contributed by atoms with Crippen molar-refractivity contribution in [3.63, 3.8) is 0 Å². The molecule has 0 amide bonds. The maximum atomic E-state index is 5.81. The lowest BCUT2D eigenvalue weighted by molar-refractivity contribution is -0.0579. The van der Waals surface area contributed by atoms with Crippen LogP contribution in [-0.4, -0.2) is 0 Å². The number of hydrogen-bond acceptors (Lipinski definition) is 1. The molecule has 0 aliphatic rings. The number of nitrogen functional groups attached to an aromatic ring is 1. The van der Waals surface area contributed by atoms with E-state index in [0.717, 1.165) is 37.8 Å². The average Bonchev–Trinajstić information content (AvgIpc) is 2.84. The SMILES string of the molecule is C=C(CC)C(C)(CC(C)(C)C(C)(C)C(C)(CC(C)(C)C)C(=C)CCCCCCCCc1ccc(N)cc1)C(C)C. The summed E-state index contributed by atoms with van der Waals surface area (Å²) in [5.74, 6) is 0.568. The Hall–Kier alpha value is -1.50. The van der Waals surface area contributed by atoms with E-state index in [-0.39, 0.29) is 27.1 Å². The van der Waals surface area contributed by atoms with Crippen molar-refractivity contribution in [3.05, 3.63) is 54.1 Å². The van der Waals surface area contributed by atoms with Gasteiger partial charge in [-0.3, -0.25) is 0 Å². The van der Waals surface area contributed by atoms with E-state index in [2.05, 4.69) is 102 Å². The Morgan fingerprint density at radius 1 is 0.725 bits per heavy atom. The summed E-state index contributed by atoms with van der Waals surface area (Å²) in [6.07, 6.45) is 13.5. The smallest absolute Gasteiger partial charge is 0.0314 e. The highest BCUT2D eigenvalue weighted by molar-refractivity contribution is 5.39. The lowest BCUT2D eigenvalue weighted by atomic mass is 9.45. The molecular weight excluding hydrogens is 482 g/mol. The van der Waals surface area contributed by atoms with Crippen LogP contribution in [0.25, 0.3) is 0 Å². The largest absolute Gasteiger partial charge is 0.399 e. The second kappa shape index (κ2) is 14.6. The summed E-state index contributed by atoms with van der Waals surface area (Å²) in [6, 6.07) is 8.37. The molecule has 0 bridgehead atoms. The molecule has 2 atom stereocenters. The maximum absolute atomic E-state index is 5.81. The van der Waals surface area contributed by atoms with Gasteiger partial charge in [0.15, 0.2) is 0 Å². The molecule has 2 N–H and O–H groups in total. The fraction of sp³-hybridized carbons (Fsp3) is 0.744. The van der Waals surface area contributed by atoms with E-state index >= 15 is 0 Å². The zero-order valence-corrected chi connectivity index (χ0v) is 29.2. The van der Waals surface area contributed by atoms with Crippen LogP contribution < -0.4 is 5.73 Å². The van der Waals surface area contributed by atoms with E-state index in [1.165, 1.54) is 55.2 Å². The number of allylic oxidation sites excluding steroid dienone is 2. The molecule has 0 saturated heterocycles. The van der Waals surface area contributed by atoms with Crippen molar-refractivity contribution in [2.24, 2.45) is 33.0 Å². The normalized spacial score (nSPS) is 16.0. The van der Waals surface area contributed by atoms with E-state index in [1.807, 2.05) is 12.1 Å². The monoisotopic (exact) mass is 552 g/mol. The van der Waals surface area contributed by atoms with Crippen LogP contribution in [0.5, 0.6) is 0 Å². The molecule has 1 aromatic rings. The summed E-state index contributed by atoms with van der Waals surface area (Å²) in [5.41, 5.74) is 11.6. The summed E-state index contributed by atoms with van der Waals surface area (Å²) >= 11 is 0. The molecule has 0 aromatic heterocycles. The van der Waals surface area contributed by atoms with Gasteiger partial charge in [0.05, 0.1) is 0 Å². The molecule has 0 aliphatic heterocycles. The van der Waals surface area contributed by atoms with Gasteiger partial charge in [-0.2, -0.15) is 0 Å². The number of unbranched alkanes of at least 4 members (excludes halogenated alkanes) is 5. The minimum atomic E-state index is 0.0548. The van der Waals surface area contributed by atoms with Crippen molar-refractivity contribution >= 4 is 5.69 Å².